The molecule has 1 atom stereocenters. The molecule has 3 aromatic rings. The van der Waals surface area contributed by atoms with Crippen LogP contribution in [0.4, 0.5) is 0 Å². The zero-order valence-electron chi connectivity index (χ0n) is 24.5. The summed E-state index contributed by atoms with van der Waals surface area (Å²) in [6, 6.07) is 29.7. The van der Waals surface area contributed by atoms with Gasteiger partial charge >= 0.3 is 254 Å². The second-order valence-corrected chi connectivity index (χ2v) is 20.7. The minimum absolute atomic E-state index is 0.129. The van der Waals surface area contributed by atoms with Gasteiger partial charge in [-0.2, -0.15) is 0 Å². The van der Waals surface area contributed by atoms with Crippen molar-refractivity contribution in [3.8, 4) is 0 Å². The predicted octanol–water partition coefficient (Wildman–Crippen LogP) is 8.11. The van der Waals surface area contributed by atoms with E-state index in [1.807, 2.05) is 0 Å². The molecule has 3 aliphatic carbocycles. The van der Waals surface area contributed by atoms with Crippen molar-refractivity contribution in [2.75, 3.05) is 0 Å². The van der Waals surface area contributed by atoms with E-state index in [0.29, 0.717) is 0 Å². The fourth-order valence-corrected chi connectivity index (χ4v) is 13.5. The summed E-state index contributed by atoms with van der Waals surface area (Å²) in [5.74, 6) is 0. The van der Waals surface area contributed by atoms with E-state index >= 15 is 0 Å². The van der Waals surface area contributed by atoms with Gasteiger partial charge in [-0.05, 0) is 0 Å². The summed E-state index contributed by atoms with van der Waals surface area (Å²) in [6.07, 6.45) is 15.5. The number of hydrogen-bond donors (Lipinski definition) is 0. The molecule has 0 saturated carbocycles. The fourth-order valence-electron chi connectivity index (χ4n) is 6.93. The van der Waals surface area contributed by atoms with Gasteiger partial charge in [-0.15, -0.1) is 0 Å². The quantitative estimate of drug-likeness (QED) is 0.236. The van der Waals surface area contributed by atoms with Crippen molar-refractivity contribution in [3.63, 3.8) is 0 Å². The van der Waals surface area contributed by atoms with Gasteiger partial charge in [0.25, 0.3) is 0 Å². The van der Waals surface area contributed by atoms with Crippen molar-refractivity contribution < 1.29 is 22.8 Å². The van der Waals surface area contributed by atoms with Crippen molar-refractivity contribution in [2.24, 2.45) is 0 Å². The maximum atomic E-state index is 2.64. The zero-order valence-corrected chi connectivity index (χ0v) is 28.0. The van der Waals surface area contributed by atoms with Crippen molar-refractivity contribution in [1.29, 1.82) is 0 Å². The van der Waals surface area contributed by atoms with E-state index in [1.165, 1.54) is 32.7 Å². The molecule has 6 rings (SSSR count). The first-order chi connectivity index (χ1) is 19.4. The molecule has 3 aliphatic rings. The molecule has 0 nitrogen and oxygen atoms in total. The van der Waals surface area contributed by atoms with Gasteiger partial charge in [-0.3, -0.25) is 0 Å². The van der Waals surface area contributed by atoms with Crippen LogP contribution in [0.3, 0.4) is 0 Å². The first kappa shape index (κ1) is 27.5. The van der Waals surface area contributed by atoms with Gasteiger partial charge in [0.2, 0.25) is 0 Å². The molecule has 0 heterocycles. The summed E-state index contributed by atoms with van der Waals surface area (Å²) in [7, 11) is -1.64. The number of benzene rings is 3. The Morgan fingerprint density at radius 3 is 2.08 bits per heavy atom. The molecule has 1 unspecified atom stereocenters. The van der Waals surface area contributed by atoms with E-state index in [1.54, 1.807) is 23.2 Å². The molecule has 0 saturated heterocycles. The van der Waals surface area contributed by atoms with Crippen LogP contribution in [0.1, 0.15) is 43.4 Å². The monoisotopic (exact) mass is 613 g/mol. The summed E-state index contributed by atoms with van der Waals surface area (Å²) in [4.78, 5) is 0. The second kappa shape index (κ2) is 11.0. The molecule has 2 heteroatoms. The first-order valence-electron chi connectivity index (χ1n) is 14.8. The molecule has 0 aromatic heterocycles. The third-order valence-corrected chi connectivity index (χ3v) is 16.5. The molecule has 199 valence electrons. The van der Waals surface area contributed by atoms with Crippen LogP contribution in [0.25, 0.3) is 8.85 Å². The van der Waals surface area contributed by atoms with Gasteiger partial charge in [0.1, 0.15) is 0 Å². The third kappa shape index (κ3) is 4.58. The maximum absolute atomic E-state index is 2.64. The molecule has 3 aromatic carbocycles. The van der Waals surface area contributed by atoms with Crippen LogP contribution in [-0.2, 0) is 29.2 Å². The predicted molar refractivity (Wildman–Crippen MR) is 172 cm³/mol. The van der Waals surface area contributed by atoms with E-state index in [-0.39, 0.29) is 5.04 Å². The Hall–Kier alpha value is -2.67. The topological polar surface area (TPSA) is 0 Å². The van der Waals surface area contributed by atoms with E-state index in [9.17, 15) is 0 Å². The number of rotatable bonds is 7. The fraction of sp³-hybridized carbons (Fsp3) is 0.237. The molecule has 0 amide bonds. The van der Waals surface area contributed by atoms with Crippen LogP contribution in [0, 0.1) is 0 Å². The van der Waals surface area contributed by atoms with E-state index in [2.05, 4.69) is 143 Å². The van der Waals surface area contributed by atoms with Gasteiger partial charge in [-0.1, -0.05) is 0 Å². The molecule has 0 spiro atoms. The average molecular weight is 615 g/mol. The van der Waals surface area contributed by atoms with Crippen LogP contribution >= 0.6 is 0 Å². The molecule has 0 bridgehead atoms. The van der Waals surface area contributed by atoms with Crippen LogP contribution in [0.5, 0.6) is 0 Å². The van der Waals surface area contributed by atoms with E-state index < -0.39 is 30.8 Å². The van der Waals surface area contributed by atoms with Gasteiger partial charge in [-0.25, -0.2) is 0 Å². The Kier molecular flexibility index (Phi) is 7.53. The molecular formula is C38H39SiZr. The number of allylic oxidation sites excluding steroid dienone is 8. The van der Waals surface area contributed by atoms with Crippen molar-refractivity contribution in [1.82, 2.24) is 0 Å². The Balaban J connectivity index is 1.77. The van der Waals surface area contributed by atoms with Crippen molar-refractivity contribution >= 4 is 20.1 Å². The molecule has 0 N–H and O–H groups in total. The summed E-state index contributed by atoms with van der Waals surface area (Å²) in [5.41, 5.74) is 10.5. The number of fused-ring (bicyclic) bond motifs is 2. The van der Waals surface area contributed by atoms with Gasteiger partial charge in [0, 0.05) is 0 Å². The first-order valence-corrected chi connectivity index (χ1v) is 20.8. The van der Waals surface area contributed by atoms with Crippen LogP contribution < -0.4 is 10.4 Å². The Morgan fingerprint density at radius 1 is 0.850 bits per heavy atom. The number of hydrogen-bond acceptors (Lipinski definition) is 0. The summed E-state index contributed by atoms with van der Waals surface area (Å²) < 4.78 is 3.25. The van der Waals surface area contributed by atoms with E-state index in [4.69, 9.17) is 0 Å². The Bertz CT molecular complexity index is 1700. The van der Waals surface area contributed by atoms with Crippen molar-refractivity contribution in [3.05, 3.63) is 153 Å². The van der Waals surface area contributed by atoms with Gasteiger partial charge < -0.3 is 0 Å². The molecular weight excluding hydrogens is 576 g/mol. The minimum atomic E-state index is -1.64. The van der Waals surface area contributed by atoms with Crippen LogP contribution in [0.2, 0.25) is 24.7 Å². The normalized spacial score (nSPS) is 19.5. The standard InChI is InChI=1S/C25H29Si.C13H10.Zr/c1-6-18-12-13-21-20(16-18)17-23-22(21)14-15-25(7-2,26(3,4)5)24(23)19-10-8-9-11-19;1-3-7-12(8-4-1)11-13-9-5-2-6-10-13;/h8-10,12-16H,6-7,11H2,1-5H3;1-10H;. The second-order valence-electron chi connectivity index (χ2n) is 12.2. The Morgan fingerprint density at radius 2 is 1.52 bits per heavy atom. The number of aryl methyl sites for hydroxylation is 1. The Labute approximate surface area is 252 Å². The van der Waals surface area contributed by atoms with Crippen molar-refractivity contribution in [2.45, 2.75) is 57.8 Å². The molecule has 0 radical (unpaired) electrons. The zero-order chi connectivity index (χ0) is 27.9. The summed E-state index contributed by atoms with van der Waals surface area (Å²) in [6.45, 7) is 12.5. The summed E-state index contributed by atoms with van der Waals surface area (Å²) >= 11 is -1.26. The summed E-state index contributed by atoms with van der Waals surface area (Å²) in [5, 5.41) is 3.09. The van der Waals surface area contributed by atoms with Gasteiger partial charge in [0.15, 0.2) is 0 Å². The van der Waals surface area contributed by atoms with Crippen LogP contribution in [-0.4, -0.2) is 11.3 Å². The average Bonchev–Trinajstić information content (AvgIpc) is 3.62. The van der Waals surface area contributed by atoms with Crippen LogP contribution in [0.15, 0.2) is 126 Å². The molecule has 40 heavy (non-hydrogen) atoms. The molecule has 0 aliphatic heterocycles. The van der Waals surface area contributed by atoms with E-state index in [0.717, 1.165) is 19.3 Å². The van der Waals surface area contributed by atoms with Gasteiger partial charge in [0.05, 0.1) is 0 Å². The SMILES string of the molecule is CCc1ccc2c(c1)=[C]([Zr]=[C](c1ccccc1)c1ccccc1)C1=C(C3=CC=CC3)C(CC)([Si](C)(C)C)C=CC=21. The molecule has 0 fully saturated rings. The third-order valence-electron chi connectivity index (χ3n) is 9.17.